The first-order valence-electron chi connectivity index (χ1n) is 11.1. The lowest BCUT2D eigenvalue weighted by atomic mass is 10.1. The number of rotatable bonds is 10. The van der Waals surface area contributed by atoms with Gasteiger partial charge in [0.25, 0.3) is 0 Å². The highest BCUT2D eigenvalue weighted by Crippen LogP contribution is 2.28. The third-order valence-electron chi connectivity index (χ3n) is 5.46. The number of nitrogens with zero attached hydrogens (tertiary/aromatic N) is 3. The average molecular weight is 438 g/mol. The normalized spacial score (nSPS) is 14.7. The van der Waals surface area contributed by atoms with E-state index in [0.29, 0.717) is 0 Å². The van der Waals surface area contributed by atoms with Gasteiger partial charge in [-0.2, -0.15) is 0 Å². The molecule has 1 aromatic carbocycles. The molecule has 5 nitrogen and oxygen atoms in total. The molecule has 1 fully saturated rings. The Hall–Kier alpha value is -2.15. The Morgan fingerprint density at radius 1 is 1.03 bits per heavy atom. The van der Waals surface area contributed by atoms with Crippen LogP contribution < -0.4 is 4.74 Å². The lowest BCUT2D eigenvalue weighted by Gasteiger charge is -2.26. The van der Waals surface area contributed by atoms with Crippen molar-refractivity contribution >= 4 is 22.7 Å². The van der Waals surface area contributed by atoms with Crippen molar-refractivity contribution in [2.24, 2.45) is 0 Å². The van der Waals surface area contributed by atoms with Crippen LogP contribution in [0.4, 0.5) is 0 Å². The fourth-order valence-corrected chi connectivity index (χ4v) is 4.74. The largest absolute Gasteiger partial charge is 0.492 e. The van der Waals surface area contributed by atoms with E-state index >= 15 is 0 Å². The van der Waals surface area contributed by atoms with Gasteiger partial charge in [-0.05, 0) is 61.8 Å². The van der Waals surface area contributed by atoms with Gasteiger partial charge in [0.05, 0.1) is 37.2 Å². The smallest absolute Gasteiger partial charge is 0.137 e. The number of aromatic nitrogens is 2. The quantitative estimate of drug-likeness (QED) is 0.324. The molecule has 0 aliphatic carbocycles. The molecule has 0 bridgehead atoms. The number of hydrogen-bond donors (Lipinski definition) is 0. The van der Waals surface area contributed by atoms with Crippen molar-refractivity contribution in [1.29, 1.82) is 0 Å². The second-order valence-electron chi connectivity index (χ2n) is 7.96. The number of fused-ring (bicyclic) bond motifs is 1. The van der Waals surface area contributed by atoms with Crippen molar-refractivity contribution in [2.45, 2.75) is 37.6 Å². The van der Waals surface area contributed by atoms with Crippen LogP contribution in [0.25, 0.3) is 10.9 Å². The molecular weight excluding hydrogens is 406 g/mol. The van der Waals surface area contributed by atoms with E-state index in [1.54, 1.807) is 0 Å². The minimum atomic E-state index is 0.743. The number of unbranched alkanes of at least 4 members (excludes halogenated alkanes) is 2. The SMILES string of the molecule is Cc1ccc2c(SCCCCCOc3ccc(CN4CCOCC4)nc3)ccnc2c1. The van der Waals surface area contributed by atoms with Gasteiger partial charge in [-0.25, -0.2) is 0 Å². The molecule has 1 aliphatic rings. The van der Waals surface area contributed by atoms with Gasteiger partial charge in [0, 0.05) is 36.1 Å². The molecule has 3 heterocycles. The maximum atomic E-state index is 5.87. The predicted molar refractivity (Wildman–Crippen MR) is 127 cm³/mol. The monoisotopic (exact) mass is 437 g/mol. The van der Waals surface area contributed by atoms with Gasteiger partial charge >= 0.3 is 0 Å². The number of thioether (sulfide) groups is 1. The molecule has 6 heteroatoms. The summed E-state index contributed by atoms with van der Waals surface area (Å²) in [5, 5.41) is 1.26. The molecule has 4 rings (SSSR count). The minimum absolute atomic E-state index is 0.743. The van der Waals surface area contributed by atoms with E-state index in [1.165, 1.54) is 22.3 Å². The molecule has 0 spiro atoms. The predicted octanol–water partition coefficient (Wildman–Crippen LogP) is 5.11. The number of benzene rings is 1. The number of ether oxygens (including phenoxy) is 2. The van der Waals surface area contributed by atoms with E-state index in [2.05, 4.69) is 52.1 Å². The van der Waals surface area contributed by atoms with E-state index in [4.69, 9.17) is 9.47 Å². The van der Waals surface area contributed by atoms with Crippen LogP contribution in [-0.2, 0) is 11.3 Å². The van der Waals surface area contributed by atoms with Crippen molar-refractivity contribution in [3.05, 3.63) is 60.0 Å². The lowest BCUT2D eigenvalue weighted by Crippen LogP contribution is -2.35. The van der Waals surface area contributed by atoms with Crippen LogP contribution in [0.5, 0.6) is 5.75 Å². The van der Waals surface area contributed by atoms with Gasteiger partial charge in [-0.1, -0.05) is 12.1 Å². The summed E-state index contributed by atoms with van der Waals surface area (Å²) in [7, 11) is 0. The maximum Gasteiger partial charge on any atom is 0.137 e. The summed E-state index contributed by atoms with van der Waals surface area (Å²) in [6.07, 6.45) is 7.17. The van der Waals surface area contributed by atoms with Crippen LogP contribution in [0, 0.1) is 6.92 Å². The number of morpholine rings is 1. The average Bonchev–Trinajstić information content (AvgIpc) is 2.80. The van der Waals surface area contributed by atoms with Gasteiger partial charge in [-0.3, -0.25) is 14.9 Å². The second kappa shape index (κ2) is 11.5. The first-order chi connectivity index (χ1) is 15.3. The zero-order valence-corrected chi connectivity index (χ0v) is 19.1. The lowest BCUT2D eigenvalue weighted by molar-refractivity contribution is 0.0336. The van der Waals surface area contributed by atoms with Crippen LogP contribution in [0.1, 0.15) is 30.5 Å². The van der Waals surface area contributed by atoms with E-state index in [-0.39, 0.29) is 0 Å². The summed E-state index contributed by atoms with van der Waals surface area (Å²) < 4.78 is 11.3. The number of hydrogen-bond acceptors (Lipinski definition) is 6. The molecule has 0 atom stereocenters. The molecule has 0 unspecified atom stereocenters. The molecule has 0 saturated carbocycles. The zero-order valence-electron chi connectivity index (χ0n) is 18.3. The maximum absolute atomic E-state index is 5.87. The van der Waals surface area contributed by atoms with Gasteiger partial charge in [0.15, 0.2) is 0 Å². The summed E-state index contributed by atoms with van der Waals surface area (Å²) in [5.74, 6) is 1.98. The first-order valence-corrected chi connectivity index (χ1v) is 12.1. The Morgan fingerprint density at radius 2 is 1.94 bits per heavy atom. The molecule has 164 valence electrons. The van der Waals surface area contributed by atoms with Crippen molar-refractivity contribution in [2.75, 3.05) is 38.7 Å². The Bertz CT molecular complexity index is 959. The highest BCUT2D eigenvalue weighted by molar-refractivity contribution is 7.99. The fourth-order valence-electron chi connectivity index (χ4n) is 3.69. The molecular formula is C25H31N3O2S. The van der Waals surface area contributed by atoms with Crippen LogP contribution >= 0.6 is 11.8 Å². The Balaban J connectivity index is 1.12. The molecule has 1 aliphatic heterocycles. The summed E-state index contributed by atoms with van der Waals surface area (Å²) in [6, 6.07) is 12.7. The highest BCUT2D eigenvalue weighted by atomic mass is 32.2. The van der Waals surface area contributed by atoms with Crippen molar-refractivity contribution in [1.82, 2.24) is 14.9 Å². The van der Waals surface area contributed by atoms with E-state index in [9.17, 15) is 0 Å². The van der Waals surface area contributed by atoms with Gasteiger partial charge < -0.3 is 9.47 Å². The number of pyridine rings is 2. The van der Waals surface area contributed by atoms with E-state index in [1.807, 2.05) is 30.2 Å². The van der Waals surface area contributed by atoms with Crippen LogP contribution in [-0.4, -0.2) is 53.5 Å². The molecule has 3 aromatic rings. The third kappa shape index (κ3) is 6.66. The van der Waals surface area contributed by atoms with Gasteiger partial charge in [0.2, 0.25) is 0 Å². The standard InChI is InChI=1S/C25H31N3O2S/c1-20-5-8-23-24(17-20)26-10-9-25(23)31-16-4-2-3-13-30-22-7-6-21(27-18-22)19-28-11-14-29-15-12-28/h5-10,17-18H,2-4,11-16,19H2,1H3. The molecule has 31 heavy (non-hydrogen) atoms. The second-order valence-corrected chi connectivity index (χ2v) is 9.10. The highest BCUT2D eigenvalue weighted by Gasteiger charge is 2.11. The topological polar surface area (TPSA) is 47.5 Å². The third-order valence-corrected chi connectivity index (χ3v) is 6.62. The van der Waals surface area contributed by atoms with Crippen molar-refractivity contribution in [3.8, 4) is 5.75 Å². The van der Waals surface area contributed by atoms with Crippen molar-refractivity contribution in [3.63, 3.8) is 0 Å². The van der Waals surface area contributed by atoms with Gasteiger partial charge in [-0.15, -0.1) is 11.8 Å². The van der Waals surface area contributed by atoms with Crippen LogP contribution in [0.3, 0.4) is 0 Å². The fraction of sp³-hybridized carbons (Fsp3) is 0.440. The Kier molecular flexibility index (Phi) is 8.16. The molecule has 0 amide bonds. The van der Waals surface area contributed by atoms with Gasteiger partial charge in [0.1, 0.15) is 5.75 Å². The minimum Gasteiger partial charge on any atom is -0.492 e. The first kappa shape index (κ1) is 22.1. The Labute approximate surface area is 189 Å². The van der Waals surface area contributed by atoms with E-state index < -0.39 is 0 Å². The summed E-state index contributed by atoms with van der Waals surface area (Å²) in [5.41, 5.74) is 3.43. The van der Waals surface area contributed by atoms with Crippen LogP contribution in [0.2, 0.25) is 0 Å². The van der Waals surface area contributed by atoms with Crippen LogP contribution in [0.15, 0.2) is 53.7 Å². The Morgan fingerprint density at radius 3 is 2.77 bits per heavy atom. The summed E-state index contributed by atoms with van der Waals surface area (Å²) >= 11 is 1.92. The molecule has 1 saturated heterocycles. The van der Waals surface area contributed by atoms with Crippen molar-refractivity contribution < 1.29 is 9.47 Å². The molecule has 0 N–H and O–H groups in total. The number of aryl methyl sites for hydroxylation is 1. The molecule has 2 aromatic heterocycles. The summed E-state index contributed by atoms with van der Waals surface area (Å²) in [6.45, 7) is 7.33. The van der Waals surface area contributed by atoms with E-state index in [0.717, 1.165) is 75.0 Å². The zero-order chi connectivity index (χ0) is 21.3. The summed E-state index contributed by atoms with van der Waals surface area (Å²) in [4.78, 5) is 12.7. The molecule has 0 radical (unpaired) electrons.